The number of anilines is 1. The second kappa shape index (κ2) is 3.13. The maximum absolute atomic E-state index is 10.3. The zero-order valence-electron chi connectivity index (χ0n) is 6.32. The number of carboxylic acid groups (broad SMARTS) is 1. The first kappa shape index (κ1) is 8.39. The second-order valence-corrected chi connectivity index (χ2v) is 2.50. The predicted molar refractivity (Wildman–Crippen MR) is 43.9 cm³/mol. The number of nitrogen functional groups attached to an aromatic ring is 1. The number of aromatic hydroxyl groups is 1. The van der Waals surface area contributed by atoms with Gasteiger partial charge in [-0.05, 0) is 17.7 Å². The van der Waals surface area contributed by atoms with Gasteiger partial charge in [0.15, 0.2) is 0 Å². The fourth-order valence-corrected chi connectivity index (χ4v) is 0.976. The molecule has 0 saturated heterocycles. The predicted octanol–water partition coefficient (Wildman–Crippen LogP) is 0.602. The monoisotopic (exact) mass is 167 g/mol. The second-order valence-electron chi connectivity index (χ2n) is 2.50. The Hall–Kier alpha value is -1.71. The molecule has 0 heterocycles. The van der Waals surface area contributed by atoms with E-state index in [4.69, 9.17) is 15.9 Å². The van der Waals surface area contributed by atoms with Crippen molar-refractivity contribution in [2.24, 2.45) is 0 Å². The quantitative estimate of drug-likeness (QED) is 0.563. The van der Waals surface area contributed by atoms with Crippen molar-refractivity contribution < 1.29 is 15.0 Å². The molecule has 0 fully saturated rings. The number of rotatable bonds is 2. The zero-order valence-corrected chi connectivity index (χ0v) is 6.32. The van der Waals surface area contributed by atoms with Crippen LogP contribution in [0.15, 0.2) is 18.2 Å². The standard InChI is InChI=1S/C8H9NO3/c9-6-1-5(3-8(11)12)2-7(10)4-6/h1-2,4,10H,3,9H2,(H,11,12). The summed E-state index contributed by atoms with van der Waals surface area (Å²) in [5.41, 5.74) is 6.25. The number of hydrogen-bond acceptors (Lipinski definition) is 3. The molecule has 0 bridgehead atoms. The van der Waals surface area contributed by atoms with Crippen LogP contribution in [0.5, 0.6) is 5.75 Å². The van der Waals surface area contributed by atoms with Gasteiger partial charge in [-0.1, -0.05) is 0 Å². The summed E-state index contributed by atoms with van der Waals surface area (Å²) in [6, 6.07) is 4.27. The normalized spacial score (nSPS) is 9.67. The van der Waals surface area contributed by atoms with Crippen molar-refractivity contribution in [2.75, 3.05) is 5.73 Å². The molecule has 64 valence electrons. The Morgan fingerprint density at radius 3 is 2.58 bits per heavy atom. The van der Waals surface area contributed by atoms with Gasteiger partial charge in [0.1, 0.15) is 5.75 Å². The molecule has 0 aromatic heterocycles. The molecular weight excluding hydrogens is 158 g/mol. The van der Waals surface area contributed by atoms with E-state index in [1.54, 1.807) is 0 Å². The summed E-state index contributed by atoms with van der Waals surface area (Å²) in [5, 5.41) is 17.5. The van der Waals surface area contributed by atoms with Crippen molar-refractivity contribution in [3.05, 3.63) is 23.8 Å². The molecule has 4 heteroatoms. The highest BCUT2D eigenvalue weighted by atomic mass is 16.4. The summed E-state index contributed by atoms with van der Waals surface area (Å²) >= 11 is 0. The van der Waals surface area contributed by atoms with Gasteiger partial charge in [-0.15, -0.1) is 0 Å². The molecule has 0 aliphatic carbocycles. The SMILES string of the molecule is Nc1cc(O)cc(CC(=O)O)c1. The topological polar surface area (TPSA) is 83.5 Å². The van der Waals surface area contributed by atoms with Crippen LogP contribution in [0.3, 0.4) is 0 Å². The van der Waals surface area contributed by atoms with E-state index in [-0.39, 0.29) is 12.2 Å². The van der Waals surface area contributed by atoms with Gasteiger partial charge in [-0.3, -0.25) is 4.79 Å². The summed E-state index contributed by atoms with van der Waals surface area (Å²) in [6.07, 6.45) is -0.126. The fraction of sp³-hybridized carbons (Fsp3) is 0.125. The molecule has 0 unspecified atom stereocenters. The van der Waals surface area contributed by atoms with E-state index >= 15 is 0 Å². The first-order valence-electron chi connectivity index (χ1n) is 3.38. The van der Waals surface area contributed by atoms with Crippen LogP contribution < -0.4 is 5.73 Å². The highest BCUT2D eigenvalue weighted by Gasteiger charge is 2.02. The number of hydrogen-bond donors (Lipinski definition) is 3. The molecule has 4 nitrogen and oxygen atoms in total. The fourth-order valence-electron chi connectivity index (χ4n) is 0.976. The number of aliphatic carboxylic acids is 1. The van der Waals surface area contributed by atoms with Crippen LogP contribution in [0, 0.1) is 0 Å². The Bertz CT molecular complexity index is 289. The lowest BCUT2D eigenvalue weighted by molar-refractivity contribution is -0.136. The Kier molecular flexibility index (Phi) is 2.19. The molecular formula is C8H9NO3. The van der Waals surface area contributed by atoms with Crippen molar-refractivity contribution in [1.29, 1.82) is 0 Å². The third kappa shape index (κ3) is 2.16. The molecule has 4 N–H and O–H groups in total. The van der Waals surface area contributed by atoms with E-state index < -0.39 is 5.97 Å². The highest BCUT2D eigenvalue weighted by molar-refractivity contribution is 5.71. The van der Waals surface area contributed by atoms with Crippen LogP contribution >= 0.6 is 0 Å². The minimum absolute atomic E-state index is 0.00810. The number of benzene rings is 1. The van der Waals surface area contributed by atoms with Crippen molar-refractivity contribution in [3.8, 4) is 5.75 Å². The minimum atomic E-state index is -0.944. The van der Waals surface area contributed by atoms with Gasteiger partial charge in [-0.25, -0.2) is 0 Å². The Morgan fingerprint density at radius 1 is 1.42 bits per heavy atom. The zero-order chi connectivity index (χ0) is 9.14. The van der Waals surface area contributed by atoms with Crippen molar-refractivity contribution in [1.82, 2.24) is 0 Å². The number of carbonyl (C=O) groups is 1. The molecule has 0 aliphatic heterocycles. The van der Waals surface area contributed by atoms with Crippen molar-refractivity contribution in [2.45, 2.75) is 6.42 Å². The van der Waals surface area contributed by atoms with Gasteiger partial charge >= 0.3 is 5.97 Å². The summed E-state index contributed by atoms with van der Waals surface area (Å²) in [7, 11) is 0. The Morgan fingerprint density at radius 2 is 2.08 bits per heavy atom. The molecule has 0 atom stereocenters. The average molecular weight is 167 g/mol. The van der Waals surface area contributed by atoms with E-state index in [0.717, 1.165) is 0 Å². The van der Waals surface area contributed by atoms with Gasteiger partial charge in [-0.2, -0.15) is 0 Å². The average Bonchev–Trinajstić information content (AvgIpc) is 1.81. The summed E-state index contributed by atoms with van der Waals surface area (Å²) in [5.74, 6) is -0.953. The Balaban J connectivity index is 2.93. The minimum Gasteiger partial charge on any atom is -0.508 e. The van der Waals surface area contributed by atoms with E-state index in [9.17, 15) is 4.79 Å². The van der Waals surface area contributed by atoms with E-state index in [0.29, 0.717) is 11.3 Å². The van der Waals surface area contributed by atoms with Gasteiger partial charge < -0.3 is 15.9 Å². The largest absolute Gasteiger partial charge is 0.508 e. The summed E-state index contributed by atoms with van der Waals surface area (Å²) in [4.78, 5) is 10.3. The molecule has 12 heavy (non-hydrogen) atoms. The van der Waals surface area contributed by atoms with E-state index in [1.165, 1.54) is 18.2 Å². The lowest BCUT2D eigenvalue weighted by Crippen LogP contribution is -2.00. The first-order chi connectivity index (χ1) is 5.58. The van der Waals surface area contributed by atoms with Gasteiger partial charge in [0.05, 0.1) is 6.42 Å². The molecule has 1 aromatic rings. The lowest BCUT2D eigenvalue weighted by atomic mass is 10.1. The van der Waals surface area contributed by atoms with E-state index in [2.05, 4.69) is 0 Å². The third-order valence-electron chi connectivity index (χ3n) is 1.36. The van der Waals surface area contributed by atoms with Crippen LogP contribution in [0.25, 0.3) is 0 Å². The molecule has 0 radical (unpaired) electrons. The maximum atomic E-state index is 10.3. The lowest BCUT2D eigenvalue weighted by Gasteiger charge is -2.00. The maximum Gasteiger partial charge on any atom is 0.307 e. The van der Waals surface area contributed by atoms with Crippen LogP contribution in [-0.2, 0) is 11.2 Å². The molecule has 0 saturated carbocycles. The molecule has 0 spiro atoms. The van der Waals surface area contributed by atoms with Crippen LogP contribution in [-0.4, -0.2) is 16.2 Å². The summed E-state index contributed by atoms with van der Waals surface area (Å²) < 4.78 is 0. The molecule has 1 rings (SSSR count). The van der Waals surface area contributed by atoms with Crippen LogP contribution in [0.2, 0.25) is 0 Å². The number of carboxylic acids is 1. The molecule has 0 amide bonds. The van der Waals surface area contributed by atoms with Gasteiger partial charge in [0.25, 0.3) is 0 Å². The Labute approximate surface area is 69.3 Å². The number of phenols is 1. The van der Waals surface area contributed by atoms with Crippen molar-refractivity contribution in [3.63, 3.8) is 0 Å². The molecule has 1 aromatic carbocycles. The van der Waals surface area contributed by atoms with E-state index in [1.807, 2.05) is 0 Å². The highest BCUT2D eigenvalue weighted by Crippen LogP contribution is 2.17. The van der Waals surface area contributed by atoms with Gasteiger partial charge in [0.2, 0.25) is 0 Å². The first-order valence-corrected chi connectivity index (χ1v) is 3.38. The third-order valence-corrected chi connectivity index (χ3v) is 1.36. The smallest absolute Gasteiger partial charge is 0.307 e. The summed E-state index contributed by atoms with van der Waals surface area (Å²) in [6.45, 7) is 0. The number of nitrogens with two attached hydrogens (primary N) is 1. The van der Waals surface area contributed by atoms with Crippen LogP contribution in [0.4, 0.5) is 5.69 Å². The van der Waals surface area contributed by atoms with Crippen molar-refractivity contribution >= 4 is 11.7 Å². The van der Waals surface area contributed by atoms with Crippen LogP contribution in [0.1, 0.15) is 5.56 Å². The molecule has 0 aliphatic rings. The number of phenolic OH excluding ortho intramolecular Hbond substituents is 1. The van der Waals surface area contributed by atoms with Gasteiger partial charge in [0, 0.05) is 11.8 Å².